The maximum Gasteiger partial charge on any atom is 0.151 e. The number of hydrogen-bond acceptors (Lipinski definition) is 3. The van der Waals surface area contributed by atoms with Crippen LogP contribution in [0, 0.1) is 0 Å². The first kappa shape index (κ1) is 13.4. The number of hydrogen-bond donors (Lipinski definition) is 1. The Morgan fingerprint density at radius 3 is 2.60 bits per heavy atom. The van der Waals surface area contributed by atoms with Gasteiger partial charge in [0.2, 0.25) is 0 Å². The molecule has 0 unspecified atom stereocenters. The first-order valence-electron chi connectivity index (χ1n) is 7.01. The first-order valence-corrected chi connectivity index (χ1v) is 7.80. The van der Waals surface area contributed by atoms with Crippen LogP contribution in [-0.4, -0.2) is 18.1 Å². The van der Waals surface area contributed by atoms with Gasteiger partial charge in [0.15, 0.2) is 5.82 Å². The van der Waals surface area contributed by atoms with Crippen LogP contribution in [0.5, 0.6) is 0 Å². The molecule has 1 aromatic carbocycles. The van der Waals surface area contributed by atoms with E-state index in [1.807, 2.05) is 12.3 Å². The van der Waals surface area contributed by atoms with Gasteiger partial charge in [-0.25, -0.2) is 4.98 Å². The summed E-state index contributed by atoms with van der Waals surface area (Å²) in [5.41, 5.74) is 2.39. The van der Waals surface area contributed by atoms with Crippen molar-refractivity contribution >= 4 is 27.4 Å². The lowest BCUT2D eigenvalue weighted by molar-refractivity contribution is 0.935. The Balaban J connectivity index is 1.72. The van der Waals surface area contributed by atoms with E-state index in [4.69, 9.17) is 0 Å². The molecule has 20 heavy (non-hydrogen) atoms. The fourth-order valence-electron chi connectivity index (χ4n) is 2.52. The number of nitrogens with one attached hydrogen (secondary N) is 1. The normalized spacial score (nSPS) is 14.6. The van der Waals surface area contributed by atoms with Crippen molar-refractivity contribution < 1.29 is 0 Å². The van der Waals surface area contributed by atoms with Crippen LogP contribution >= 0.6 is 15.9 Å². The third kappa shape index (κ3) is 3.12. The largest absolute Gasteiger partial charge is 0.378 e. The van der Waals surface area contributed by atoms with Crippen LogP contribution in [-0.2, 0) is 6.54 Å². The molecule has 0 spiro atoms. The van der Waals surface area contributed by atoms with Crippen molar-refractivity contribution in [3.05, 3.63) is 52.6 Å². The Morgan fingerprint density at radius 2 is 1.85 bits per heavy atom. The van der Waals surface area contributed by atoms with Crippen LogP contribution in [0.3, 0.4) is 0 Å². The van der Waals surface area contributed by atoms with Crippen LogP contribution in [0.1, 0.15) is 18.4 Å². The maximum absolute atomic E-state index is 4.54. The molecular formula is C16H18BrN3. The van der Waals surface area contributed by atoms with E-state index in [0.29, 0.717) is 0 Å². The predicted molar refractivity (Wildman–Crippen MR) is 87.2 cm³/mol. The fourth-order valence-corrected chi connectivity index (χ4v) is 2.78. The maximum atomic E-state index is 4.54. The molecule has 0 aliphatic carbocycles. The number of aromatic nitrogens is 1. The van der Waals surface area contributed by atoms with Crippen molar-refractivity contribution in [1.29, 1.82) is 0 Å². The molecule has 4 heteroatoms. The summed E-state index contributed by atoms with van der Waals surface area (Å²) in [6.07, 6.45) is 4.41. The summed E-state index contributed by atoms with van der Waals surface area (Å²) in [6.45, 7) is 3.05. The van der Waals surface area contributed by atoms with Gasteiger partial charge in [0.1, 0.15) is 0 Å². The molecule has 3 rings (SSSR count). The van der Waals surface area contributed by atoms with E-state index in [9.17, 15) is 0 Å². The zero-order valence-electron chi connectivity index (χ0n) is 11.3. The van der Waals surface area contributed by atoms with Gasteiger partial charge in [0, 0.05) is 30.3 Å². The summed E-state index contributed by atoms with van der Waals surface area (Å²) in [7, 11) is 0. The van der Waals surface area contributed by atoms with Gasteiger partial charge in [0.25, 0.3) is 0 Å². The molecule has 1 aromatic heterocycles. The topological polar surface area (TPSA) is 28.2 Å². The number of benzene rings is 1. The summed E-state index contributed by atoms with van der Waals surface area (Å²) in [5.74, 6) is 1.09. The van der Waals surface area contributed by atoms with E-state index in [1.54, 1.807) is 0 Å². The number of rotatable bonds is 4. The molecule has 0 bridgehead atoms. The van der Waals surface area contributed by atoms with E-state index in [-0.39, 0.29) is 0 Å². The van der Waals surface area contributed by atoms with Crippen molar-refractivity contribution in [3.63, 3.8) is 0 Å². The van der Waals surface area contributed by atoms with E-state index in [2.05, 4.69) is 61.5 Å². The second-order valence-corrected chi connectivity index (χ2v) is 5.96. The van der Waals surface area contributed by atoms with Crippen molar-refractivity contribution in [2.75, 3.05) is 23.3 Å². The van der Waals surface area contributed by atoms with Crippen molar-refractivity contribution in [2.45, 2.75) is 19.4 Å². The van der Waals surface area contributed by atoms with Gasteiger partial charge in [-0.1, -0.05) is 28.1 Å². The Labute approximate surface area is 128 Å². The zero-order valence-corrected chi connectivity index (χ0v) is 12.9. The lowest BCUT2D eigenvalue weighted by Crippen LogP contribution is -2.20. The molecule has 0 saturated carbocycles. The third-order valence-corrected chi connectivity index (χ3v) is 4.12. The lowest BCUT2D eigenvalue weighted by atomic mass is 10.2. The van der Waals surface area contributed by atoms with Gasteiger partial charge in [-0.2, -0.15) is 0 Å². The average molecular weight is 332 g/mol. The van der Waals surface area contributed by atoms with Crippen LogP contribution in [0.2, 0.25) is 0 Å². The second kappa shape index (κ2) is 6.27. The van der Waals surface area contributed by atoms with Gasteiger partial charge < -0.3 is 10.2 Å². The Bertz CT molecular complexity index is 562. The predicted octanol–water partition coefficient (Wildman–Crippen LogP) is 4.06. The summed E-state index contributed by atoms with van der Waals surface area (Å²) in [4.78, 5) is 6.91. The molecule has 0 radical (unpaired) electrons. The molecule has 3 nitrogen and oxygen atoms in total. The molecule has 104 valence electrons. The van der Waals surface area contributed by atoms with Crippen LogP contribution < -0.4 is 10.2 Å². The molecule has 1 aliphatic heterocycles. The molecule has 2 heterocycles. The van der Waals surface area contributed by atoms with Crippen LogP contribution in [0.4, 0.5) is 11.5 Å². The van der Waals surface area contributed by atoms with Gasteiger partial charge >= 0.3 is 0 Å². The minimum Gasteiger partial charge on any atom is -0.378 e. The summed E-state index contributed by atoms with van der Waals surface area (Å²) in [5, 5.41) is 3.51. The highest BCUT2D eigenvalue weighted by molar-refractivity contribution is 9.10. The van der Waals surface area contributed by atoms with Gasteiger partial charge in [-0.05, 0) is 42.7 Å². The van der Waals surface area contributed by atoms with Crippen molar-refractivity contribution in [3.8, 4) is 0 Å². The van der Waals surface area contributed by atoms with E-state index in [1.165, 1.54) is 18.4 Å². The molecule has 1 fully saturated rings. The van der Waals surface area contributed by atoms with Crippen LogP contribution in [0.15, 0.2) is 47.1 Å². The quantitative estimate of drug-likeness (QED) is 0.915. The van der Waals surface area contributed by atoms with Gasteiger partial charge in [-0.15, -0.1) is 0 Å². The molecule has 2 aromatic rings. The minimum atomic E-state index is 0.819. The second-order valence-electron chi connectivity index (χ2n) is 5.05. The number of halogens is 1. The summed E-state index contributed by atoms with van der Waals surface area (Å²) in [6, 6.07) is 12.5. The Hall–Kier alpha value is -1.55. The van der Waals surface area contributed by atoms with E-state index in [0.717, 1.165) is 35.6 Å². The monoisotopic (exact) mass is 331 g/mol. The summed E-state index contributed by atoms with van der Waals surface area (Å²) < 4.78 is 1.11. The molecule has 0 amide bonds. The SMILES string of the molecule is Brc1ccc(CNc2cccnc2N2CCCC2)cc1. The van der Waals surface area contributed by atoms with Crippen LogP contribution in [0.25, 0.3) is 0 Å². The molecule has 0 atom stereocenters. The van der Waals surface area contributed by atoms with E-state index >= 15 is 0 Å². The number of pyridine rings is 1. The van der Waals surface area contributed by atoms with Crippen molar-refractivity contribution in [2.24, 2.45) is 0 Å². The highest BCUT2D eigenvalue weighted by atomic mass is 79.9. The number of nitrogens with zero attached hydrogens (tertiary/aromatic N) is 2. The average Bonchev–Trinajstić information content (AvgIpc) is 3.01. The zero-order chi connectivity index (χ0) is 13.8. The smallest absolute Gasteiger partial charge is 0.151 e. The number of anilines is 2. The molecule has 1 N–H and O–H groups in total. The summed E-state index contributed by atoms with van der Waals surface area (Å²) >= 11 is 3.46. The Morgan fingerprint density at radius 1 is 1.10 bits per heavy atom. The molecule has 1 aliphatic rings. The van der Waals surface area contributed by atoms with Gasteiger partial charge in [0.05, 0.1) is 5.69 Å². The Kier molecular flexibility index (Phi) is 4.21. The molecular weight excluding hydrogens is 314 g/mol. The molecule has 1 saturated heterocycles. The third-order valence-electron chi connectivity index (χ3n) is 3.59. The lowest BCUT2D eigenvalue weighted by Gasteiger charge is -2.20. The van der Waals surface area contributed by atoms with E-state index < -0.39 is 0 Å². The first-order chi connectivity index (χ1) is 9.83. The highest BCUT2D eigenvalue weighted by Crippen LogP contribution is 2.26. The van der Waals surface area contributed by atoms with Gasteiger partial charge in [-0.3, -0.25) is 0 Å². The fraction of sp³-hybridized carbons (Fsp3) is 0.312. The minimum absolute atomic E-state index is 0.819. The highest BCUT2D eigenvalue weighted by Gasteiger charge is 2.16. The standard InChI is InChI=1S/C16H18BrN3/c17-14-7-5-13(6-8-14)12-19-15-4-3-9-18-16(15)20-10-1-2-11-20/h3-9,19H,1-2,10-12H2. The van der Waals surface area contributed by atoms with Crippen molar-refractivity contribution in [1.82, 2.24) is 4.98 Å².